The van der Waals surface area contributed by atoms with Crippen molar-refractivity contribution in [2.24, 2.45) is 0 Å². The summed E-state index contributed by atoms with van der Waals surface area (Å²) in [5.74, 6) is 1.24. The van der Waals surface area contributed by atoms with Crippen LogP contribution in [0.15, 0.2) is 54.1 Å². The molecular weight excluding hydrogens is 420 g/mol. The van der Waals surface area contributed by atoms with Gasteiger partial charge < -0.3 is 4.90 Å². The van der Waals surface area contributed by atoms with E-state index in [9.17, 15) is 8.42 Å². The molecule has 1 aliphatic rings. The van der Waals surface area contributed by atoms with Gasteiger partial charge >= 0.3 is 0 Å². The fourth-order valence-electron chi connectivity index (χ4n) is 3.40. The fourth-order valence-corrected chi connectivity index (χ4v) is 4.51. The molecule has 30 heavy (non-hydrogen) atoms. The van der Waals surface area contributed by atoms with Gasteiger partial charge in [-0.3, -0.25) is 9.62 Å². The number of hydrogen-bond donors (Lipinski definition) is 1. The van der Waals surface area contributed by atoms with Crippen LogP contribution in [0, 0.1) is 6.92 Å². The van der Waals surface area contributed by atoms with Gasteiger partial charge in [0.25, 0.3) is 10.0 Å². The van der Waals surface area contributed by atoms with E-state index < -0.39 is 10.0 Å². The van der Waals surface area contributed by atoms with Gasteiger partial charge in [-0.05, 0) is 42.2 Å². The summed E-state index contributed by atoms with van der Waals surface area (Å²) in [4.78, 5) is 9.35. The van der Waals surface area contributed by atoms with Crippen LogP contribution in [-0.2, 0) is 10.0 Å². The first kappa shape index (κ1) is 24.2. The zero-order valence-corrected chi connectivity index (χ0v) is 19.5. The summed E-state index contributed by atoms with van der Waals surface area (Å²) in [5, 5.41) is 0. The summed E-state index contributed by atoms with van der Waals surface area (Å²) in [7, 11) is -3.65. The highest BCUT2D eigenvalue weighted by Gasteiger charge is 2.19. The number of aryl methyl sites for hydroxylation is 1. The Balaban J connectivity index is 0.00000320. The molecule has 1 fully saturated rings. The van der Waals surface area contributed by atoms with Crippen molar-refractivity contribution < 1.29 is 8.42 Å². The molecule has 2 aromatic rings. The summed E-state index contributed by atoms with van der Waals surface area (Å²) in [5.41, 5.74) is 2.47. The van der Waals surface area contributed by atoms with Gasteiger partial charge in [0, 0.05) is 32.7 Å². The molecule has 1 saturated heterocycles. The largest absolute Gasteiger partial charge is 0.354 e. The number of nitrogens with zero attached hydrogens (tertiary/aromatic N) is 3. The summed E-state index contributed by atoms with van der Waals surface area (Å²) in [6.45, 7) is 14.5. The standard InChI is InChI=1S/C22H30N4O2S.ClH/c1-5-10-25-11-13-26(14-12-25)22-15-18(4)21(16-23-22)24-29(27,28)20-8-6-19(7-9-20)17(2)3;/h5-9,15-17,24H,1,10-14H2,2-4H3;1H. The molecule has 8 heteroatoms. The van der Waals surface area contributed by atoms with E-state index in [4.69, 9.17) is 0 Å². The molecule has 0 amide bonds. The van der Waals surface area contributed by atoms with Crippen molar-refractivity contribution in [1.29, 1.82) is 0 Å². The van der Waals surface area contributed by atoms with E-state index in [0.717, 1.165) is 49.7 Å². The van der Waals surface area contributed by atoms with Crippen LogP contribution in [0.5, 0.6) is 0 Å². The molecule has 0 radical (unpaired) electrons. The average Bonchev–Trinajstić information content (AvgIpc) is 2.70. The molecule has 164 valence electrons. The van der Waals surface area contributed by atoms with E-state index in [2.05, 4.69) is 39.9 Å². The number of piperazine rings is 1. The Morgan fingerprint density at radius 2 is 1.80 bits per heavy atom. The molecule has 0 atom stereocenters. The normalized spacial score (nSPS) is 15.0. The monoisotopic (exact) mass is 450 g/mol. The highest BCUT2D eigenvalue weighted by atomic mass is 35.5. The van der Waals surface area contributed by atoms with Gasteiger partial charge in [-0.2, -0.15) is 0 Å². The molecule has 0 spiro atoms. The topological polar surface area (TPSA) is 65.5 Å². The second-order valence-corrected chi connectivity index (χ2v) is 9.45. The van der Waals surface area contributed by atoms with E-state index >= 15 is 0 Å². The fraction of sp³-hybridized carbons (Fsp3) is 0.409. The Labute approximate surface area is 186 Å². The Morgan fingerprint density at radius 1 is 1.17 bits per heavy atom. The van der Waals surface area contributed by atoms with Crippen molar-refractivity contribution in [1.82, 2.24) is 9.88 Å². The van der Waals surface area contributed by atoms with E-state index in [1.54, 1.807) is 18.3 Å². The SMILES string of the molecule is C=CCN1CCN(c2cc(C)c(NS(=O)(=O)c3ccc(C(C)C)cc3)cn2)CC1.Cl. The first-order valence-corrected chi connectivity index (χ1v) is 11.5. The van der Waals surface area contributed by atoms with Crippen LogP contribution < -0.4 is 9.62 Å². The van der Waals surface area contributed by atoms with Gasteiger partial charge in [0.15, 0.2) is 0 Å². The number of halogens is 1. The Hall–Kier alpha value is -2.09. The number of anilines is 2. The van der Waals surface area contributed by atoms with Crippen molar-refractivity contribution in [2.45, 2.75) is 31.6 Å². The molecule has 0 unspecified atom stereocenters. The van der Waals surface area contributed by atoms with Gasteiger partial charge in [-0.25, -0.2) is 13.4 Å². The van der Waals surface area contributed by atoms with Crippen molar-refractivity contribution in [3.05, 3.63) is 60.3 Å². The summed E-state index contributed by atoms with van der Waals surface area (Å²) in [6, 6.07) is 8.97. The van der Waals surface area contributed by atoms with E-state index in [1.165, 1.54) is 0 Å². The molecule has 1 N–H and O–H groups in total. The third kappa shape index (κ3) is 5.74. The number of aromatic nitrogens is 1. The predicted octanol–water partition coefficient (Wildman–Crippen LogP) is 4.04. The van der Waals surface area contributed by atoms with Gasteiger partial charge in [0.1, 0.15) is 5.82 Å². The van der Waals surface area contributed by atoms with Crippen LogP contribution in [0.2, 0.25) is 0 Å². The molecule has 0 aliphatic carbocycles. The predicted molar refractivity (Wildman–Crippen MR) is 126 cm³/mol. The van der Waals surface area contributed by atoms with E-state index in [1.807, 2.05) is 31.2 Å². The molecule has 0 saturated carbocycles. The molecule has 0 bridgehead atoms. The van der Waals surface area contributed by atoms with Gasteiger partial charge in [-0.1, -0.05) is 32.1 Å². The Bertz CT molecular complexity index is 954. The Morgan fingerprint density at radius 3 is 2.33 bits per heavy atom. The van der Waals surface area contributed by atoms with E-state index in [-0.39, 0.29) is 17.3 Å². The highest BCUT2D eigenvalue weighted by Crippen LogP contribution is 2.24. The number of benzene rings is 1. The van der Waals surface area contributed by atoms with Gasteiger partial charge in [-0.15, -0.1) is 19.0 Å². The summed E-state index contributed by atoms with van der Waals surface area (Å²) in [6.07, 6.45) is 3.54. The third-order valence-corrected chi connectivity index (χ3v) is 6.66. The minimum absolute atomic E-state index is 0. The van der Waals surface area contributed by atoms with Crippen LogP contribution in [0.25, 0.3) is 0 Å². The van der Waals surface area contributed by atoms with Crippen LogP contribution in [-0.4, -0.2) is 51.0 Å². The Kier molecular flexibility index (Phi) is 8.29. The summed E-state index contributed by atoms with van der Waals surface area (Å²) >= 11 is 0. The van der Waals surface area contributed by atoms with Gasteiger partial charge in [0.2, 0.25) is 0 Å². The lowest BCUT2D eigenvalue weighted by Crippen LogP contribution is -2.46. The maximum Gasteiger partial charge on any atom is 0.261 e. The van der Waals surface area contributed by atoms with E-state index in [0.29, 0.717) is 11.6 Å². The number of nitrogens with one attached hydrogen (secondary N) is 1. The number of pyridine rings is 1. The summed E-state index contributed by atoms with van der Waals surface area (Å²) < 4.78 is 28.2. The lowest BCUT2D eigenvalue weighted by atomic mass is 10.0. The van der Waals surface area contributed by atoms with Gasteiger partial charge in [0.05, 0.1) is 16.8 Å². The number of rotatable bonds is 7. The smallest absolute Gasteiger partial charge is 0.261 e. The molecule has 1 aromatic carbocycles. The van der Waals surface area contributed by atoms with Crippen LogP contribution >= 0.6 is 12.4 Å². The highest BCUT2D eigenvalue weighted by molar-refractivity contribution is 7.92. The minimum atomic E-state index is -3.65. The van der Waals surface area contributed by atoms with Crippen molar-refractivity contribution in [3.63, 3.8) is 0 Å². The lowest BCUT2D eigenvalue weighted by Gasteiger charge is -2.35. The second-order valence-electron chi connectivity index (χ2n) is 7.76. The quantitative estimate of drug-likeness (QED) is 0.645. The van der Waals surface area contributed by atoms with Crippen LogP contribution in [0.3, 0.4) is 0 Å². The van der Waals surface area contributed by atoms with Crippen LogP contribution in [0.1, 0.15) is 30.9 Å². The molecule has 1 aliphatic heterocycles. The van der Waals surface area contributed by atoms with Crippen molar-refractivity contribution >= 4 is 33.9 Å². The molecule has 3 rings (SSSR count). The van der Waals surface area contributed by atoms with Crippen LogP contribution in [0.4, 0.5) is 11.5 Å². The lowest BCUT2D eigenvalue weighted by molar-refractivity contribution is 0.283. The second kappa shape index (κ2) is 10.3. The maximum absolute atomic E-state index is 12.8. The van der Waals surface area contributed by atoms with Crippen molar-refractivity contribution in [3.8, 4) is 0 Å². The minimum Gasteiger partial charge on any atom is -0.354 e. The molecular formula is C22H31ClN4O2S. The third-order valence-electron chi connectivity index (χ3n) is 5.28. The van der Waals surface area contributed by atoms with Crippen molar-refractivity contribution in [2.75, 3.05) is 42.3 Å². The zero-order valence-electron chi connectivity index (χ0n) is 17.8. The number of hydrogen-bond acceptors (Lipinski definition) is 5. The molecule has 6 nitrogen and oxygen atoms in total. The zero-order chi connectivity index (χ0) is 21.0. The first-order valence-electron chi connectivity index (χ1n) is 9.98. The molecule has 1 aromatic heterocycles. The maximum atomic E-state index is 12.8. The molecule has 2 heterocycles. The average molecular weight is 451 g/mol. The number of sulfonamides is 1. The first-order chi connectivity index (χ1) is 13.8.